The molecule has 0 unspecified atom stereocenters. The number of carbonyl (C=O) groups excluding carboxylic acids is 2. The average Bonchev–Trinajstić information content (AvgIpc) is 2.59. The maximum Gasteiger partial charge on any atom is 0.417 e. The Morgan fingerprint density at radius 1 is 1.04 bits per heavy atom. The van der Waals surface area contributed by atoms with E-state index in [1.165, 1.54) is 12.1 Å². The first-order chi connectivity index (χ1) is 12.2. The van der Waals surface area contributed by atoms with Crippen LogP contribution < -0.4 is 10.6 Å². The van der Waals surface area contributed by atoms with E-state index < -0.39 is 23.2 Å². The number of amides is 2. The first-order valence-electron chi connectivity index (χ1n) is 8.02. The minimum absolute atomic E-state index is 0.0381. The van der Waals surface area contributed by atoms with Gasteiger partial charge >= 0.3 is 6.18 Å². The van der Waals surface area contributed by atoms with E-state index in [1.54, 1.807) is 38.1 Å². The van der Waals surface area contributed by atoms with Gasteiger partial charge in [0.05, 0.1) is 11.1 Å². The molecule has 4 nitrogen and oxygen atoms in total. The number of anilines is 1. The lowest BCUT2D eigenvalue weighted by Crippen LogP contribution is -2.26. The summed E-state index contributed by atoms with van der Waals surface area (Å²) in [4.78, 5) is 23.9. The number of alkyl halides is 3. The van der Waals surface area contributed by atoms with Gasteiger partial charge in [-0.15, -0.1) is 0 Å². The normalized spacial score (nSPS) is 11.3. The van der Waals surface area contributed by atoms with Crippen molar-refractivity contribution in [3.63, 3.8) is 0 Å². The van der Waals surface area contributed by atoms with Crippen LogP contribution >= 0.6 is 0 Å². The van der Waals surface area contributed by atoms with Crippen LogP contribution in [0, 0.1) is 5.92 Å². The molecule has 0 bridgehead atoms. The van der Waals surface area contributed by atoms with Crippen LogP contribution in [0.3, 0.4) is 0 Å². The number of rotatable bonds is 5. The third-order valence-electron chi connectivity index (χ3n) is 3.65. The van der Waals surface area contributed by atoms with Gasteiger partial charge in [-0.1, -0.05) is 38.1 Å². The van der Waals surface area contributed by atoms with Gasteiger partial charge in [0.15, 0.2) is 0 Å². The van der Waals surface area contributed by atoms with Crippen molar-refractivity contribution < 1.29 is 22.8 Å². The van der Waals surface area contributed by atoms with Crippen molar-refractivity contribution in [3.05, 3.63) is 65.2 Å². The molecule has 26 heavy (non-hydrogen) atoms. The van der Waals surface area contributed by atoms with Crippen molar-refractivity contribution in [2.24, 2.45) is 5.92 Å². The summed E-state index contributed by atoms with van der Waals surface area (Å²) in [5.41, 5.74) is -0.185. The molecule has 0 saturated heterocycles. The summed E-state index contributed by atoms with van der Waals surface area (Å²) < 4.78 is 39.0. The first-order valence-corrected chi connectivity index (χ1v) is 8.02. The molecule has 0 saturated carbocycles. The van der Waals surface area contributed by atoms with E-state index in [0.29, 0.717) is 11.3 Å². The van der Waals surface area contributed by atoms with Crippen LogP contribution in [0.4, 0.5) is 18.9 Å². The number of halogens is 3. The predicted molar refractivity (Wildman–Crippen MR) is 92.5 cm³/mol. The van der Waals surface area contributed by atoms with E-state index in [9.17, 15) is 22.8 Å². The smallest absolute Gasteiger partial charge is 0.348 e. The molecular formula is C19H19F3N2O2. The van der Waals surface area contributed by atoms with E-state index in [0.717, 1.165) is 12.1 Å². The van der Waals surface area contributed by atoms with Gasteiger partial charge in [-0.05, 0) is 29.8 Å². The molecule has 2 aromatic rings. The molecule has 0 aromatic heterocycles. The molecule has 0 aliphatic rings. The van der Waals surface area contributed by atoms with Gasteiger partial charge in [0, 0.05) is 18.2 Å². The SMILES string of the molecule is CC(C)C(=O)Nc1cccc(CNC(=O)c2ccccc2C(F)(F)F)c1. The lowest BCUT2D eigenvalue weighted by molar-refractivity contribution is -0.138. The highest BCUT2D eigenvalue weighted by molar-refractivity contribution is 5.96. The Labute approximate surface area is 149 Å². The van der Waals surface area contributed by atoms with Crippen LogP contribution in [0.5, 0.6) is 0 Å². The summed E-state index contributed by atoms with van der Waals surface area (Å²) in [5.74, 6) is -1.14. The average molecular weight is 364 g/mol. The molecule has 0 atom stereocenters. The van der Waals surface area contributed by atoms with Crippen LogP contribution in [-0.4, -0.2) is 11.8 Å². The van der Waals surface area contributed by atoms with E-state index in [1.807, 2.05) is 0 Å². The summed E-state index contributed by atoms with van der Waals surface area (Å²) in [5, 5.41) is 5.21. The Morgan fingerprint density at radius 3 is 2.38 bits per heavy atom. The fraction of sp³-hybridized carbons (Fsp3) is 0.263. The highest BCUT2D eigenvalue weighted by atomic mass is 19.4. The monoisotopic (exact) mass is 364 g/mol. The van der Waals surface area contributed by atoms with Crippen molar-refractivity contribution in [2.75, 3.05) is 5.32 Å². The standard InChI is InChI=1S/C19H19F3N2O2/c1-12(2)17(25)24-14-7-5-6-13(10-14)11-23-18(26)15-8-3-4-9-16(15)19(20,21)22/h3-10,12H,11H2,1-2H3,(H,23,26)(H,24,25). The van der Waals surface area contributed by atoms with E-state index in [-0.39, 0.29) is 18.4 Å². The molecule has 0 fully saturated rings. The van der Waals surface area contributed by atoms with Crippen LogP contribution in [0.15, 0.2) is 48.5 Å². The van der Waals surface area contributed by atoms with Crippen molar-refractivity contribution >= 4 is 17.5 Å². The Morgan fingerprint density at radius 2 is 1.73 bits per heavy atom. The Balaban J connectivity index is 2.08. The third-order valence-corrected chi connectivity index (χ3v) is 3.65. The molecular weight excluding hydrogens is 345 g/mol. The summed E-state index contributed by atoms with van der Waals surface area (Å²) in [7, 11) is 0. The van der Waals surface area contributed by atoms with Gasteiger partial charge < -0.3 is 10.6 Å². The molecule has 2 aromatic carbocycles. The molecule has 0 aliphatic heterocycles. The van der Waals surface area contributed by atoms with Crippen LogP contribution in [0.25, 0.3) is 0 Å². The van der Waals surface area contributed by atoms with Crippen molar-refractivity contribution in [3.8, 4) is 0 Å². The lowest BCUT2D eigenvalue weighted by Gasteiger charge is -2.13. The Kier molecular flexibility index (Phi) is 6.02. The van der Waals surface area contributed by atoms with Crippen molar-refractivity contribution in [2.45, 2.75) is 26.6 Å². The molecule has 0 spiro atoms. The van der Waals surface area contributed by atoms with Gasteiger partial charge in [0.1, 0.15) is 0 Å². The van der Waals surface area contributed by atoms with Crippen molar-refractivity contribution in [1.29, 1.82) is 0 Å². The number of hydrogen-bond acceptors (Lipinski definition) is 2. The van der Waals surface area contributed by atoms with E-state index in [4.69, 9.17) is 0 Å². The number of hydrogen-bond donors (Lipinski definition) is 2. The Bertz CT molecular complexity index is 801. The second kappa shape index (κ2) is 8.03. The zero-order valence-electron chi connectivity index (χ0n) is 14.4. The highest BCUT2D eigenvalue weighted by Gasteiger charge is 2.34. The summed E-state index contributed by atoms with van der Waals surface area (Å²) in [6, 6.07) is 11.4. The van der Waals surface area contributed by atoms with Crippen molar-refractivity contribution in [1.82, 2.24) is 5.32 Å². The largest absolute Gasteiger partial charge is 0.417 e. The minimum atomic E-state index is -4.60. The second-order valence-electron chi connectivity index (χ2n) is 6.07. The summed E-state index contributed by atoms with van der Waals surface area (Å²) in [6.07, 6.45) is -4.60. The Hall–Kier alpha value is -2.83. The number of carbonyl (C=O) groups is 2. The van der Waals surface area contributed by atoms with E-state index in [2.05, 4.69) is 10.6 Å². The highest BCUT2D eigenvalue weighted by Crippen LogP contribution is 2.31. The molecule has 138 valence electrons. The number of nitrogens with one attached hydrogen (secondary N) is 2. The zero-order valence-corrected chi connectivity index (χ0v) is 14.4. The lowest BCUT2D eigenvalue weighted by atomic mass is 10.1. The van der Waals surface area contributed by atoms with Crippen LogP contribution in [0.2, 0.25) is 0 Å². The third kappa shape index (κ3) is 5.08. The maximum absolute atomic E-state index is 13.0. The summed E-state index contributed by atoms with van der Waals surface area (Å²) in [6.45, 7) is 3.56. The predicted octanol–water partition coefficient (Wildman–Crippen LogP) is 4.23. The van der Waals surface area contributed by atoms with Gasteiger partial charge in [-0.3, -0.25) is 9.59 Å². The van der Waals surface area contributed by atoms with Gasteiger partial charge in [0.25, 0.3) is 5.91 Å². The zero-order chi connectivity index (χ0) is 19.3. The topological polar surface area (TPSA) is 58.2 Å². The first kappa shape index (κ1) is 19.5. The molecule has 7 heteroatoms. The minimum Gasteiger partial charge on any atom is -0.348 e. The van der Waals surface area contributed by atoms with Gasteiger partial charge in [-0.2, -0.15) is 13.2 Å². The van der Waals surface area contributed by atoms with Gasteiger partial charge in [-0.25, -0.2) is 0 Å². The van der Waals surface area contributed by atoms with E-state index >= 15 is 0 Å². The maximum atomic E-state index is 13.0. The molecule has 2 rings (SSSR count). The summed E-state index contributed by atoms with van der Waals surface area (Å²) >= 11 is 0. The molecule has 0 heterocycles. The molecule has 0 aliphatic carbocycles. The van der Waals surface area contributed by atoms with Crippen LogP contribution in [-0.2, 0) is 17.5 Å². The van der Waals surface area contributed by atoms with Crippen LogP contribution in [0.1, 0.15) is 35.3 Å². The molecule has 2 N–H and O–H groups in total. The number of benzene rings is 2. The fourth-order valence-corrected chi connectivity index (χ4v) is 2.25. The van der Waals surface area contributed by atoms with Gasteiger partial charge in [0.2, 0.25) is 5.91 Å². The quantitative estimate of drug-likeness (QED) is 0.834. The molecule has 0 radical (unpaired) electrons. The molecule has 2 amide bonds. The fourth-order valence-electron chi connectivity index (χ4n) is 2.25. The second-order valence-corrected chi connectivity index (χ2v) is 6.07.